The van der Waals surface area contributed by atoms with E-state index in [1.165, 1.54) is 135 Å². The molecule has 0 heterocycles. The molecule has 0 radical (unpaired) electrons. The van der Waals surface area contributed by atoms with Crippen LogP contribution in [0.3, 0.4) is 0 Å². The van der Waals surface area contributed by atoms with E-state index in [1.807, 2.05) is 0 Å². The lowest BCUT2D eigenvalue weighted by atomic mass is 10.0. The van der Waals surface area contributed by atoms with Crippen LogP contribution < -0.4 is 0 Å². The fraction of sp³-hybridized carbons (Fsp3) is 0.938. The van der Waals surface area contributed by atoms with Gasteiger partial charge in [0.1, 0.15) is 0 Å². The second-order valence-electron chi connectivity index (χ2n) is 11.2. The van der Waals surface area contributed by atoms with Gasteiger partial charge >= 0.3 is 0 Å². The third-order valence-corrected chi connectivity index (χ3v) is 8.90. The molecule has 0 saturated carbocycles. The van der Waals surface area contributed by atoms with Gasteiger partial charge in [0.15, 0.2) is 0 Å². The van der Waals surface area contributed by atoms with Crippen LogP contribution in [0, 0.1) is 0 Å². The Morgan fingerprint density at radius 3 is 1.06 bits per heavy atom. The van der Waals surface area contributed by atoms with Crippen LogP contribution in [0.5, 0.6) is 0 Å². The number of allylic oxidation sites excluding steroid dienone is 2. The van der Waals surface area contributed by atoms with Crippen molar-refractivity contribution in [1.29, 1.82) is 0 Å². The summed E-state index contributed by atoms with van der Waals surface area (Å²) in [5, 5.41) is -0.550. The molecule has 0 spiro atoms. The predicted octanol–water partition coefficient (Wildman–Crippen LogP) is 11.4. The topological polar surface area (TPSA) is 54.4 Å². The van der Waals surface area contributed by atoms with Crippen LogP contribution in [0.4, 0.5) is 0 Å². The minimum absolute atomic E-state index is 0.550. The Balaban J connectivity index is 3.60. The molecule has 36 heavy (non-hydrogen) atoms. The Bertz CT molecular complexity index is 556. The molecule has 216 valence electrons. The van der Waals surface area contributed by atoms with Crippen LogP contribution in [0.25, 0.3) is 0 Å². The van der Waals surface area contributed by atoms with Gasteiger partial charge < -0.3 is 0 Å². The van der Waals surface area contributed by atoms with Gasteiger partial charge in [-0.2, -0.15) is 8.42 Å². The monoisotopic (exact) mass is 528 g/mol. The van der Waals surface area contributed by atoms with Crippen LogP contribution in [0.2, 0.25) is 0 Å². The summed E-state index contributed by atoms with van der Waals surface area (Å²) >= 11 is 0. The zero-order chi connectivity index (χ0) is 26.6. The molecule has 0 aliphatic heterocycles. The van der Waals surface area contributed by atoms with E-state index in [4.69, 9.17) is 0 Å². The van der Waals surface area contributed by atoms with E-state index < -0.39 is 15.4 Å². The highest BCUT2D eigenvalue weighted by atomic mass is 32.2. The molecule has 0 aromatic rings. The molecule has 1 unspecified atom stereocenters. The Kier molecular flexibility index (Phi) is 27.4. The smallest absolute Gasteiger partial charge is 0.267 e. The minimum atomic E-state index is -3.91. The Labute approximate surface area is 227 Å². The molecular weight excluding hydrogens is 464 g/mol. The van der Waals surface area contributed by atoms with Crippen molar-refractivity contribution < 1.29 is 13.0 Å². The van der Waals surface area contributed by atoms with Crippen molar-refractivity contribution in [2.24, 2.45) is 0 Å². The van der Waals surface area contributed by atoms with Crippen molar-refractivity contribution in [3.05, 3.63) is 12.2 Å². The molecule has 1 atom stereocenters. The quantitative estimate of drug-likeness (QED) is 0.0596. The fourth-order valence-corrected chi connectivity index (χ4v) is 6.03. The number of unbranched alkanes of at least 4 members (excludes halogenated alkanes) is 22. The van der Waals surface area contributed by atoms with Gasteiger partial charge in [0, 0.05) is 0 Å². The van der Waals surface area contributed by atoms with Gasteiger partial charge in [-0.25, -0.2) is 0 Å². The van der Waals surface area contributed by atoms with E-state index in [1.54, 1.807) is 0 Å². The SMILES string of the molecule is CCCCCCCC/C=C\CCCCCCCC(CCCCCCCCCCCCCC)S(=O)(=O)O. The van der Waals surface area contributed by atoms with Crippen LogP contribution >= 0.6 is 0 Å². The average Bonchev–Trinajstić information content (AvgIpc) is 2.85. The summed E-state index contributed by atoms with van der Waals surface area (Å²) in [5.41, 5.74) is 0. The summed E-state index contributed by atoms with van der Waals surface area (Å²) in [4.78, 5) is 0. The predicted molar refractivity (Wildman–Crippen MR) is 160 cm³/mol. The molecule has 0 amide bonds. The summed E-state index contributed by atoms with van der Waals surface area (Å²) in [7, 11) is -3.91. The van der Waals surface area contributed by atoms with Crippen molar-refractivity contribution in [3.8, 4) is 0 Å². The molecule has 0 aliphatic carbocycles. The lowest BCUT2D eigenvalue weighted by molar-refractivity contribution is 0.442. The van der Waals surface area contributed by atoms with Gasteiger partial charge in [0.2, 0.25) is 0 Å². The third kappa shape index (κ3) is 26.7. The van der Waals surface area contributed by atoms with E-state index >= 15 is 0 Å². The van der Waals surface area contributed by atoms with Gasteiger partial charge in [0.05, 0.1) is 5.25 Å². The van der Waals surface area contributed by atoms with Crippen molar-refractivity contribution >= 4 is 10.1 Å². The lowest BCUT2D eigenvalue weighted by Gasteiger charge is -2.13. The largest absolute Gasteiger partial charge is 0.285 e. The second-order valence-corrected chi connectivity index (χ2v) is 12.9. The first-order valence-corrected chi connectivity index (χ1v) is 17.6. The highest BCUT2D eigenvalue weighted by Crippen LogP contribution is 2.20. The highest BCUT2D eigenvalue weighted by molar-refractivity contribution is 7.86. The minimum Gasteiger partial charge on any atom is -0.285 e. The molecule has 1 N–H and O–H groups in total. The summed E-state index contributed by atoms with van der Waals surface area (Å²) in [6, 6.07) is 0. The average molecular weight is 529 g/mol. The molecule has 0 fully saturated rings. The number of hydrogen-bond donors (Lipinski definition) is 1. The maximum absolute atomic E-state index is 11.8. The molecule has 0 aromatic heterocycles. The number of rotatable bonds is 29. The van der Waals surface area contributed by atoms with Crippen molar-refractivity contribution in [2.45, 2.75) is 192 Å². The molecule has 0 saturated heterocycles. The molecule has 0 aliphatic rings. The Hall–Kier alpha value is -0.350. The van der Waals surface area contributed by atoms with Crippen LogP contribution in [0.15, 0.2) is 12.2 Å². The van der Waals surface area contributed by atoms with Gasteiger partial charge in [-0.3, -0.25) is 4.55 Å². The van der Waals surface area contributed by atoms with E-state index in [0.717, 1.165) is 25.7 Å². The van der Waals surface area contributed by atoms with Gasteiger partial charge in [-0.15, -0.1) is 0 Å². The Morgan fingerprint density at radius 2 is 0.750 bits per heavy atom. The fourth-order valence-electron chi connectivity index (χ4n) is 5.10. The molecule has 3 nitrogen and oxygen atoms in total. The summed E-state index contributed by atoms with van der Waals surface area (Å²) in [5.74, 6) is 0. The maximum Gasteiger partial charge on any atom is 0.267 e. The first-order chi connectivity index (χ1) is 17.5. The standard InChI is InChI=1S/C32H64O3S/c1-3-5-7-9-11-13-15-17-18-19-21-23-25-27-29-31-32(36(33,34)35)30-28-26-24-22-20-16-14-12-10-8-6-4-2/h17-18,32H,3-16,19-31H2,1-2H3,(H,33,34,35)/b18-17-. The zero-order valence-corrected chi connectivity index (χ0v) is 25.3. The summed E-state index contributed by atoms with van der Waals surface area (Å²) < 4.78 is 33.2. The van der Waals surface area contributed by atoms with Crippen LogP contribution in [-0.4, -0.2) is 18.2 Å². The normalized spacial score (nSPS) is 13.1. The van der Waals surface area contributed by atoms with E-state index in [2.05, 4.69) is 26.0 Å². The highest BCUT2D eigenvalue weighted by Gasteiger charge is 2.21. The van der Waals surface area contributed by atoms with Crippen LogP contribution in [-0.2, 0) is 10.1 Å². The third-order valence-electron chi connectivity index (χ3n) is 7.59. The molecule has 4 heteroatoms. The van der Waals surface area contributed by atoms with Gasteiger partial charge in [-0.1, -0.05) is 161 Å². The zero-order valence-electron chi connectivity index (χ0n) is 24.5. The van der Waals surface area contributed by atoms with E-state index in [9.17, 15) is 13.0 Å². The maximum atomic E-state index is 11.8. The molecule has 0 rings (SSSR count). The van der Waals surface area contributed by atoms with Crippen LogP contribution in [0.1, 0.15) is 187 Å². The number of hydrogen-bond acceptors (Lipinski definition) is 2. The van der Waals surface area contributed by atoms with Crippen molar-refractivity contribution in [3.63, 3.8) is 0 Å². The van der Waals surface area contributed by atoms with Gasteiger partial charge in [-0.05, 0) is 38.5 Å². The van der Waals surface area contributed by atoms with Gasteiger partial charge in [0.25, 0.3) is 10.1 Å². The summed E-state index contributed by atoms with van der Waals surface area (Å²) in [6.45, 7) is 4.53. The van der Waals surface area contributed by atoms with E-state index in [0.29, 0.717) is 12.8 Å². The Morgan fingerprint density at radius 1 is 0.472 bits per heavy atom. The van der Waals surface area contributed by atoms with E-state index in [-0.39, 0.29) is 0 Å². The second kappa shape index (κ2) is 27.7. The summed E-state index contributed by atoms with van der Waals surface area (Å²) in [6.07, 6.45) is 37.5. The first-order valence-electron chi connectivity index (χ1n) is 16.1. The van der Waals surface area contributed by atoms with Crippen molar-refractivity contribution in [1.82, 2.24) is 0 Å². The lowest BCUT2D eigenvalue weighted by Crippen LogP contribution is -2.20. The first kappa shape index (κ1) is 35.6. The molecule has 0 aromatic carbocycles. The molecule has 0 bridgehead atoms. The molecular formula is C32H64O3S. The van der Waals surface area contributed by atoms with Crippen molar-refractivity contribution in [2.75, 3.05) is 0 Å².